The van der Waals surface area contributed by atoms with E-state index in [2.05, 4.69) is 6.92 Å². The van der Waals surface area contributed by atoms with Crippen molar-refractivity contribution in [2.75, 3.05) is 26.4 Å². The van der Waals surface area contributed by atoms with Gasteiger partial charge in [0.1, 0.15) is 0 Å². The van der Waals surface area contributed by atoms with Crippen LogP contribution in [-0.4, -0.2) is 36.6 Å². The lowest BCUT2D eigenvalue weighted by molar-refractivity contribution is -0.00257. The van der Waals surface area contributed by atoms with Crippen LogP contribution in [0.25, 0.3) is 0 Å². The van der Waals surface area contributed by atoms with Crippen molar-refractivity contribution >= 4 is 0 Å². The number of aliphatic hydroxyl groups excluding tert-OH is 2. The molecule has 1 saturated heterocycles. The number of aliphatic hydroxyl groups is 2. The van der Waals surface area contributed by atoms with Crippen LogP contribution < -0.4 is 0 Å². The molecule has 0 bridgehead atoms. The number of ether oxygens (including phenoxy) is 1. The summed E-state index contributed by atoms with van der Waals surface area (Å²) in [5.74, 6) is 0.615. The Hall–Kier alpha value is -0.120. The lowest BCUT2D eigenvalue weighted by Crippen LogP contribution is -2.34. The number of hydrogen-bond donors (Lipinski definition) is 2. The molecule has 0 atom stereocenters. The van der Waals surface area contributed by atoms with Crippen LogP contribution >= 0.6 is 0 Å². The van der Waals surface area contributed by atoms with Crippen LogP contribution in [-0.2, 0) is 4.74 Å². The van der Waals surface area contributed by atoms with Crippen LogP contribution in [0.4, 0.5) is 0 Å². The fourth-order valence-electron chi connectivity index (χ4n) is 2.53. The molecule has 3 nitrogen and oxygen atoms in total. The molecule has 0 radical (unpaired) electrons. The van der Waals surface area contributed by atoms with Crippen molar-refractivity contribution in [1.82, 2.24) is 0 Å². The molecule has 0 amide bonds. The van der Waals surface area contributed by atoms with E-state index >= 15 is 0 Å². The van der Waals surface area contributed by atoms with E-state index < -0.39 is 0 Å². The molecule has 90 valence electrons. The fourth-order valence-corrected chi connectivity index (χ4v) is 2.53. The molecule has 15 heavy (non-hydrogen) atoms. The zero-order valence-corrected chi connectivity index (χ0v) is 9.74. The molecule has 0 aliphatic carbocycles. The summed E-state index contributed by atoms with van der Waals surface area (Å²) in [5.41, 5.74) is -0.253. The van der Waals surface area contributed by atoms with E-state index in [1.54, 1.807) is 0 Å². The van der Waals surface area contributed by atoms with Gasteiger partial charge in [0.2, 0.25) is 0 Å². The number of rotatable bonds is 6. The van der Waals surface area contributed by atoms with Crippen molar-refractivity contribution in [2.45, 2.75) is 39.0 Å². The summed E-state index contributed by atoms with van der Waals surface area (Å²) in [4.78, 5) is 0. The Morgan fingerprint density at radius 3 is 2.27 bits per heavy atom. The summed E-state index contributed by atoms with van der Waals surface area (Å²) in [6.45, 7) is 3.99. The van der Waals surface area contributed by atoms with Gasteiger partial charge in [-0.2, -0.15) is 0 Å². The van der Waals surface area contributed by atoms with Crippen molar-refractivity contribution in [1.29, 1.82) is 0 Å². The van der Waals surface area contributed by atoms with Crippen LogP contribution in [0.15, 0.2) is 0 Å². The highest BCUT2D eigenvalue weighted by molar-refractivity contribution is 4.81. The van der Waals surface area contributed by atoms with Crippen molar-refractivity contribution in [3.05, 3.63) is 0 Å². The highest BCUT2D eigenvalue weighted by Gasteiger charge is 2.31. The first-order chi connectivity index (χ1) is 7.26. The van der Waals surface area contributed by atoms with Gasteiger partial charge in [-0.25, -0.2) is 0 Å². The van der Waals surface area contributed by atoms with E-state index in [9.17, 15) is 10.2 Å². The lowest BCUT2D eigenvalue weighted by atomic mass is 9.75. The minimum atomic E-state index is -0.253. The summed E-state index contributed by atoms with van der Waals surface area (Å²) in [6.07, 6.45) is 5.02. The standard InChI is InChI=1S/C12H24O3/c1-2-5-12(9-13,10-14)8-11-3-6-15-7-4-11/h11,13-14H,2-10H2,1H3. The monoisotopic (exact) mass is 216 g/mol. The second-order valence-electron chi connectivity index (χ2n) is 4.83. The van der Waals surface area contributed by atoms with Gasteiger partial charge in [0, 0.05) is 18.6 Å². The summed E-state index contributed by atoms with van der Waals surface area (Å²) < 4.78 is 5.32. The van der Waals surface area contributed by atoms with Crippen LogP contribution in [0.5, 0.6) is 0 Å². The minimum absolute atomic E-state index is 0.106. The van der Waals surface area contributed by atoms with Gasteiger partial charge in [-0.1, -0.05) is 13.3 Å². The second-order valence-corrected chi connectivity index (χ2v) is 4.83. The third-order valence-corrected chi connectivity index (χ3v) is 3.51. The quantitative estimate of drug-likeness (QED) is 0.708. The van der Waals surface area contributed by atoms with Crippen molar-refractivity contribution in [3.8, 4) is 0 Å². The molecule has 1 aliphatic rings. The van der Waals surface area contributed by atoms with E-state index in [4.69, 9.17) is 4.74 Å². The zero-order valence-electron chi connectivity index (χ0n) is 9.74. The van der Waals surface area contributed by atoms with Crippen LogP contribution in [0, 0.1) is 11.3 Å². The van der Waals surface area contributed by atoms with Crippen molar-refractivity contribution in [2.24, 2.45) is 11.3 Å². The van der Waals surface area contributed by atoms with E-state index in [0.29, 0.717) is 5.92 Å². The zero-order chi connectivity index (χ0) is 11.1. The average molecular weight is 216 g/mol. The van der Waals surface area contributed by atoms with Gasteiger partial charge in [0.25, 0.3) is 0 Å². The maximum atomic E-state index is 9.45. The Labute approximate surface area is 92.4 Å². The maximum Gasteiger partial charge on any atom is 0.0509 e. The first-order valence-corrected chi connectivity index (χ1v) is 6.06. The molecule has 1 heterocycles. The Kier molecular flexibility index (Phi) is 5.58. The van der Waals surface area contributed by atoms with Gasteiger partial charge in [-0.15, -0.1) is 0 Å². The predicted molar refractivity (Wildman–Crippen MR) is 59.7 cm³/mol. The predicted octanol–water partition coefficient (Wildman–Crippen LogP) is 1.57. The van der Waals surface area contributed by atoms with Crippen LogP contribution in [0.3, 0.4) is 0 Å². The Morgan fingerprint density at radius 2 is 1.80 bits per heavy atom. The molecular formula is C12H24O3. The Morgan fingerprint density at radius 1 is 1.20 bits per heavy atom. The molecule has 0 aromatic heterocycles. The lowest BCUT2D eigenvalue weighted by Gasteiger charge is -2.35. The molecule has 0 spiro atoms. The summed E-state index contributed by atoms with van der Waals surface area (Å²) >= 11 is 0. The molecule has 0 aromatic carbocycles. The van der Waals surface area contributed by atoms with Gasteiger partial charge in [-0.05, 0) is 31.6 Å². The van der Waals surface area contributed by atoms with E-state index in [1.807, 2.05) is 0 Å². The molecule has 0 saturated carbocycles. The molecule has 1 fully saturated rings. The van der Waals surface area contributed by atoms with Gasteiger partial charge < -0.3 is 14.9 Å². The van der Waals surface area contributed by atoms with Crippen LogP contribution in [0.1, 0.15) is 39.0 Å². The first-order valence-electron chi connectivity index (χ1n) is 6.06. The topological polar surface area (TPSA) is 49.7 Å². The third kappa shape index (κ3) is 3.74. The smallest absolute Gasteiger partial charge is 0.0509 e. The summed E-state index contributed by atoms with van der Waals surface area (Å²) in [5, 5.41) is 18.9. The molecular weight excluding hydrogens is 192 g/mol. The van der Waals surface area contributed by atoms with E-state index in [0.717, 1.165) is 45.3 Å². The maximum absolute atomic E-state index is 9.45. The molecule has 1 rings (SSSR count). The first kappa shape index (κ1) is 12.9. The van der Waals surface area contributed by atoms with Crippen molar-refractivity contribution < 1.29 is 14.9 Å². The Bertz CT molecular complexity index is 160. The third-order valence-electron chi connectivity index (χ3n) is 3.51. The van der Waals surface area contributed by atoms with E-state index in [1.165, 1.54) is 0 Å². The minimum Gasteiger partial charge on any atom is -0.396 e. The van der Waals surface area contributed by atoms with Gasteiger partial charge in [0.05, 0.1) is 13.2 Å². The SMILES string of the molecule is CCCC(CO)(CO)CC1CCOCC1. The molecule has 2 N–H and O–H groups in total. The number of hydrogen-bond acceptors (Lipinski definition) is 3. The Balaban J connectivity index is 2.47. The van der Waals surface area contributed by atoms with Gasteiger partial charge in [-0.3, -0.25) is 0 Å². The van der Waals surface area contributed by atoms with Gasteiger partial charge in [0.15, 0.2) is 0 Å². The van der Waals surface area contributed by atoms with Gasteiger partial charge >= 0.3 is 0 Å². The summed E-state index contributed by atoms with van der Waals surface area (Å²) in [6, 6.07) is 0. The highest BCUT2D eigenvalue weighted by atomic mass is 16.5. The van der Waals surface area contributed by atoms with Crippen molar-refractivity contribution in [3.63, 3.8) is 0 Å². The molecule has 0 aromatic rings. The van der Waals surface area contributed by atoms with Crippen LogP contribution in [0.2, 0.25) is 0 Å². The average Bonchev–Trinajstić information content (AvgIpc) is 2.30. The fraction of sp³-hybridized carbons (Fsp3) is 1.00. The highest BCUT2D eigenvalue weighted by Crippen LogP contribution is 2.34. The van der Waals surface area contributed by atoms with E-state index in [-0.39, 0.29) is 18.6 Å². The normalized spacial score (nSPS) is 19.4. The largest absolute Gasteiger partial charge is 0.396 e. The molecule has 3 heteroatoms. The molecule has 1 aliphatic heterocycles. The molecule has 0 unspecified atom stereocenters. The summed E-state index contributed by atoms with van der Waals surface area (Å²) in [7, 11) is 0. The second kappa shape index (κ2) is 6.46.